The predicted octanol–water partition coefficient (Wildman–Crippen LogP) is 3.87. The number of nitrogens with one attached hydrogen (secondary N) is 1. The third kappa shape index (κ3) is 3.31. The molecule has 0 unspecified atom stereocenters. The Bertz CT molecular complexity index is 539. The molecule has 3 nitrogen and oxygen atoms in total. The zero-order valence-corrected chi connectivity index (χ0v) is 12.1. The van der Waals surface area contributed by atoms with Gasteiger partial charge in [-0.1, -0.05) is 45.0 Å². The second-order valence-corrected chi connectivity index (χ2v) is 5.65. The molecule has 2 rings (SSSR count). The highest BCUT2D eigenvalue weighted by molar-refractivity contribution is 5.62. The number of anilines is 1. The maximum Gasteiger partial charge on any atom is 0.129 e. The Morgan fingerprint density at radius 2 is 1.74 bits per heavy atom. The van der Waals surface area contributed by atoms with Gasteiger partial charge >= 0.3 is 0 Å². The van der Waals surface area contributed by atoms with Crippen molar-refractivity contribution in [2.45, 2.75) is 33.1 Å². The monoisotopic (exact) mass is 255 g/mol. The first-order valence-corrected chi connectivity index (χ1v) is 6.67. The Labute approximate surface area is 115 Å². The summed E-state index contributed by atoms with van der Waals surface area (Å²) in [5, 5.41) is 3.20. The van der Waals surface area contributed by atoms with Gasteiger partial charge in [-0.15, -0.1) is 0 Å². The Morgan fingerprint density at radius 1 is 1.05 bits per heavy atom. The zero-order chi connectivity index (χ0) is 13.9. The van der Waals surface area contributed by atoms with E-state index in [9.17, 15) is 0 Å². The van der Waals surface area contributed by atoms with Crippen molar-refractivity contribution in [3.63, 3.8) is 0 Å². The molecule has 0 radical (unpaired) electrons. The topological polar surface area (TPSA) is 37.8 Å². The molecule has 1 N–H and O–H groups in total. The van der Waals surface area contributed by atoms with E-state index >= 15 is 0 Å². The maximum atomic E-state index is 4.33. The Balaban J connectivity index is 2.29. The molecule has 0 saturated heterocycles. The van der Waals surface area contributed by atoms with Gasteiger partial charge in [0.25, 0.3) is 0 Å². The van der Waals surface area contributed by atoms with Gasteiger partial charge in [-0.25, -0.2) is 9.97 Å². The van der Waals surface area contributed by atoms with E-state index in [1.54, 1.807) is 6.33 Å². The van der Waals surface area contributed by atoms with Crippen LogP contribution in [0.15, 0.2) is 36.7 Å². The lowest BCUT2D eigenvalue weighted by atomic mass is 9.86. The van der Waals surface area contributed by atoms with Crippen LogP contribution in [0.1, 0.15) is 33.3 Å². The lowest BCUT2D eigenvalue weighted by Gasteiger charge is -2.19. The summed E-state index contributed by atoms with van der Waals surface area (Å²) >= 11 is 0. The second-order valence-electron chi connectivity index (χ2n) is 5.65. The summed E-state index contributed by atoms with van der Waals surface area (Å²) in [6.45, 7) is 9.57. The first-order valence-electron chi connectivity index (χ1n) is 6.67. The van der Waals surface area contributed by atoms with E-state index in [2.05, 4.69) is 67.2 Å². The van der Waals surface area contributed by atoms with Crippen LogP contribution in [0.2, 0.25) is 0 Å². The van der Waals surface area contributed by atoms with Crippen LogP contribution in [-0.4, -0.2) is 16.5 Å². The average Bonchev–Trinajstić information content (AvgIpc) is 2.39. The van der Waals surface area contributed by atoms with Gasteiger partial charge in [0.05, 0.1) is 5.69 Å². The molecule has 0 aliphatic rings. The number of rotatable bonds is 3. The molecule has 0 aliphatic carbocycles. The molecule has 0 spiro atoms. The van der Waals surface area contributed by atoms with Crippen LogP contribution >= 0.6 is 0 Å². The van der Waals surface area contributed by atoms with Crippen LogP contribution in [0, 0.1) is 0 Å². The summed E-state index contributed by atoms with van der Waals surface area (Å²) in [5.74, 6) is 0.868. The third-order valence-electron chi connectivity index (χ3n) is 3.07. The van der Waals surface area contributed by atoms with Crippen molar-refractivity contribution in [1.82, 2.24) is 9.97 Å². The first kappa shape index (κ1) is 13.5. The van der Waals surface area contributed by atoms with Crippen molar-refractivity contribution < 1.29 is 0 Å². The van der Waals surface area contributed by atoms with Crippen molar-refractivity contribution in [2.24, 2.45) is 0 Å². The largest absolute Gasteiger partial charge is 0.370 e. The highest BCUT2D eigenvalue weighted by Gasteiger charge is 2.13. The second kappa shape index (κ2) is 5.39. The van der Waals surface area contributed by atoms with E-state index in [0.717, 1.165) is 23.6 Å². The molecule has 0 aliphatic heterocycles. The Morgan fingerprint density at radius 3 is 2.32 bits per heavy atom. The smallest absolute Gasteiger partial charge is 0.129 e. The quantitative estimate of drug-likeness (QED) is 0.904. The number of benzene rings is 1. The molecule has 3 heteroatoms. The molecule has 0 fully saturated rings. The molecule has 0 atom stereocenters. The van der Waals surface area contributed by atoms with E-state index < -0.39 is 0 Å². The van der Waals surface area contributed by atoms with Gasteiger partial charge in [0.15, 0.2) is 0 Å². The number of nitrogens with zero attached hydrogens (tertiary/aromatic N) is 2. The third-order valence-corrected chi connectivity index (χ3v) is 3.07. The summed E-state index contributed by atoms with van der Waals surface area (Å²) < 4.78 is 0. The fraction of sp³-hybridized carbons (Fsp3) is 0.375. The molecule has 0 amide bonds. The number of aromatic nitrogens is 2. The van der Waals surface area contributed by atoms with Crippen molar-refractivity contribution in [3.8, 4) is 11.3 Å². The standard InChI is InChI=1S/C16H21N3/c1-5-17-15-10-14(18-11-19-15)12-6-8-13(9-7-12)16(2,3)4/h6-11H,5H2,1-4H3,(H,17,18,19). The highest BCUT2D eigenvalue weighted by atomic mass is 15.0. The van der Waals surface area contributed by atoms with E-state index in [1.807, 2.05) is 6.07 Å². The average molecular weight is 255 g/mol. The van der Waals surface area contributed by atoms with Crippen molar-refractivity contribution in [2.75, 3.05) is 11.9 Å². The summed E-state index contributed by atoms with van der Waals surface area (Å²) in [7, 11) is 0. The summed E-state index contributed by atoms with van der Waals surface area (Å²) in [6, 6.07) is 10.6. The highest BCUT2D eigenvalue weighted by Crippen LogP contribution is 2.25. The lowest BCUT2D eigenvalue weighted by Crippen LogP contribution is -2.10. The van der Waals surface area contributed by atoms with Gasteiger partial charge in [-0.3, -0.25) is 0 Å². The minimum absolute atomic E-state index is 0.180. The van der Waals surface area contributed by atoms with Crippen molar-refractivity contribution in [3.05, 3.63) is 42.2 Å². The fourth-order valence-corrected chi connectivity index (χ4v) is 1.93. The predicted molar refractivity (Wildman–Crippen MR) is 80.3 cm³/mol. The lowest BCUT2D eigenvalue weighted by molar-refractivity contribution is 0.590. The molecule has 1 aromatic heterocycles. The summed E-state index contributed by atoms with van der Waals surface area (Å²) in [5.41, 5.74) is 3.58. The normalized spacial score (nSPS) is 11.4. The van der Waals surface area contributed by atoms with Gasteiger partial charge in [0.2, 0.25) is 0 Å². The van der Waals surface area contributed by atoms with Gasteiger partial charge < -0.3 is 5.32 Å². The molecular formula is C16H21N3. The van der Waals surface area contributed by atoms with Gasteiger partial charge in [0, 0.05) is 18.2 Å². The summed E-state index contributed by atoms with van der Waals surface area (Å²) in [6.07, 6.45) is 1.60. The molecule has 19 heavy (non-hydrogen) atoms. The van der Waals surface area contributed by atoms with Gasteiger partial charge in [-0.2, -0.15) is 0 Å². The van der Waals surface area contributed by atoms with Crippen LogP contribution in [0.4, 0.5) is 5.82 Å². The molecule has 0 saturated carbocycles. The van der Waals surface area contributed by atoms with Gasteiger partial charge in [-0.05, 0) is 17.9 Å². The summed E-state index contributed by atoms with van der Waals surface area (Å²) in [4.78, 5) is 8.52. The van der Waals surface area contributed by atoms with E-state index in [1.165, 1.54) is 5.56 Å². The van der Waals surface area contributed by atoms with Crippen molar-refractivity contribution in [1.29, 1.82) is 0 Å². The van der Waals surface area contributed by atoms with Crippen LogP contribution in [0.25, 0.3) is 11.3 Å². The minimum atomic E-state index is 0.180. The van der Waals surface area contributed by atoms with Crippen LogP contribution in [-0.2, 0) is 5.41 Å². The Kier molecular flexibility index (Phi) is 3.84. The number of hydrogen-bond donors (Lipinski definition) is 1. The molecule has 100 valence electrons. The van der Waals surface area contributed by atoms with Crippen molar-refractivity contribution >= 4 is 5.82 Å². The molecule has 0 bridgehead atoms. The fourth-order valence-electron chi connectivity index (χ4n) is 1.93. The Hall–Kier alpha value is -1.90. The first-order chi connectivity index (χ1) is 9.00. The van der Waals surface area contributed by atoms with Crippen LogP contribution < -0.4 is 5.32 Å². The van der Waals surface area contributed by atoms with Crippen LogP contribution in [0.5, 0.6) is 0 Å². The minimum Gasteiger partial charge on any atom is -0.370 e. The van der Waals surface area contributed by atoms with E-state index in [-0.39, 0.29) is 5.41 Å². The van der Waals surface area contributed by atoms with E-state index in [4.69, 9.17) is 0 Å². The SMILES string of the molecule is CCNc1cc(-c2ccc(C(C)(C)C)cc2)ncn1. The molecule has 1 heterocycles. The zero-order valence-electron chi connectivity index (χ0n) is 12.1. The molecule has 2 aromatic rings. The number of hydrogen-bond acceptors (Lipinski definition) is 3. The van der Waals surface area contributed by atoms with Gasteiger partial charge in [0.1, 0.15) is 12.1 Å². The van der Waals surface area contributed by atoms with E-state index in [0.29, 0.717) is 0 Å². The molecular weight excluding hydrogens is 234 g/mol. The van der Waals surface area contributed by atoms with Crippen LogP contribution in [0.3, 0.4) is 0 Å². The molecule has 1 aromatic carbocycles. The maximum absolute atomic E-state index is 4.33.